The lowest BCUT2D eigenvalue weighted by Gasteiger charge is -2.22. The van der Waals surface area contributed by atoms with Gasteiger partial charge in [0.05, 0.1) is 24.4 Å². The van der Waals surface area contributed by atoms with Gasteiger partial charge in [0.1, 0.15) is 17.5 Å². The SMILES string of the molecule is Cc1cc(NC(CO)c2ccc(Cl)cc2C(F)(F)F)n2ncc(C#N)c2n1. The molecule has 0 fully saturated rings. The van der Waals surface area contributed by atoms with Gasteiger partial charge >= 0.3 is 6.18 Å². The number of nitrogens with zero attached hydrogens (tertiary/aromatic N) is 4. The lowest BCUT2D eigenvalue weighted by molar-refractivity contribution is -0.138. The highest BCUT2D eigenvalue weighted by Crippen LogP contribution is 2.37. The van der Waals surface area contributed by atoms with Crippen LogP contribution in [0.4, 0.5) is 19.0 Å². The Balaban J connectivity index is 2.09. The van der Waals surface area contributed by atoms with Gasteiger partial charge in [0.15, 0.2) is 5.65 Å². The van der Waals surface area contributed by atoms with Crippen LogP contribution in [0, 0.1) is 18.3 Å². The molecule has 0 spiro atoms. The van der Waals surface area contributed by atoms with Crippen LogP contribution >= 0.6 is 11.6 Å². The van der Waals surface area contributed by atoms with Crippen molar-refractivity contribution in [2.75, 3.05) is 11.9 Å². The maximum Gasteiger partial charge on any atom is 0.416 e. The molecule has 1 atom stereocenters. The quantitative estimate of drug-likeness (QED) is 0.703. The molecule has 0 saturated carbocycles. The molecule has 1 aromatic carbocycles. The zero-order chi connectivity index (χ0) is 19.8. The third kappa shape index (κ3) is 3.67. The largest absolute Gasteiger partial charge is 0.416 e. The standard InChI is InChI=1S/C17H13ClF3N5O/c1-9-4-15(26-16(24-9)10(6-22)7-23-26)25-14(8-27)12-3-2-11(18)5-13(12)17(19,20)21/h2-5,7,14,25,27H,8H2,1H3. The van der Waals surface area contributed by atoms with Crippen LogP contribution in [0.1, 0.15) is 28.4 Å². The fourth-order valence-corrected chi connectivity index (χ4v) is 2.92. The van der Waals surface area contributed by atoms with Crippen molar-refractivity contribution < 1.29 is 18.3 Å². The van der Waals surface area contributed by atoms with E-state index in [-0.39, 0.29) is 21.8 Å². The molecular weight excluding hydrogens is 383 g/mol. The van der Waals surface area contributed by atoms with E-state index in [1.165, 1.54) is 22.8 Å². The monoisotopic (exact) mass is 395 g/mol. The number of hydrogen-bond donors (Lipinski definition) is 2. The van der Waals surface area contributed by atoms with Gasteiger partial charge in [0, 0.05) is 16.8 Å². The number of alkyl halides is 3. The number of aryl methyl sites for hydroxylation is 1. The molecule has 3 aromatic rings. The molecule has 0 bridgehead atoms. The minimum atomic E-state index is -4.64. The average molecular weight is 396 g/mol. The molecule has 140 valence electrons. The maximum absolute atomic E-state index is 13.4. The number of hydrogen-bond acceptors (Lipinski definition) is 5. The number of benzene rings is 1. The molecular formula is C17H13ClF3N5O. The van der Waals surface area contributed by atoms with Gasteiger partial charge in [0.25, 0.3) is 0 Å². The van der Waals surface area contributed by atoms with Gasteiger partial charge in [0.2, 0.25) is 0 Å². The second kappa shape index (κ2) is 7.06. The molecule has 0 aliphatic rings. The number of aliphatic hydroxyl groups is 1. The molecule has 2 aromatic heterocycles. The lowest BCUT2D eigenvalue weighted by atomic mass is 10.00. The zero-order valence-corrected chi connectivity index (χ0v) is 14.7. The van der Waals surface area contributed by atoms with E-state index in [2.05, 4.69) is 15.4 Å². The van der Waals surface area contributed by atoms with Crippen LogP contribution in [0.2, 0.25) is 5.02 Å². The van der Waals surface area contributed by atoms with Crippen molar-refractivity contribution in [1.82, 2.24) is 14.6 Å². The van der Waals surface area contributed by atoms with Gasteiger partial charge in [-0.3, -0.25) is 0 Å². The van der Waals surface area contributed by atoms with Gasteiger partial charge in [-0.2, -0.15) is 28.0 Å². The van der Waals surface area contributed by atoms with E-state index in [1.807, 2.05) is 6.07 Å². The Kier molecular flexibility index (Phi) is 4.95. The molecule has 0 aliphatic heterocycles. The number of halogens is 4. The first kappa shape index (κ1) is 18.9. The highest BCUT2D eigenvalue weighted by molar-refractivity contribution is 6.30. The van der Waals surface area contributed by atoms with Crippen LogP contribution in [-0.2, 0) is 6.18 Å². The fraction of sp³-hybridized carbons (Fsp3) is 0.235. The fourth-order valence-electron chi connectivity index (χ4n) is 2.74. The first-order valence-corrected chi connectivity index (χ1v) is 8.12. The van der Waals surface area contributed by atoms with Gasteiger partial charge in [-0.15, -0.1) is 0 Å². The number of nitriles is 1. The summed E-state index contributed by atoms with van der Waals surface area (Å²) in [6.07, 6.45) is -3.33. The molecule has 3 rings (SSSR count). The first-order chi connectivity index (χ1) is 12.7. The Hall–Kier alpha value is -2.83. The average Bonchev–Trinajstić information content (AvgIpc) is 3.01. The number of aliphatic hydroxyl groups excluding tert-OH is 1. The summed E-state index contributed by atoms with van der Waals surface area (Å²) in [5.74, 6) is 0.293. The summed E-state index contributed by atoms with van der Waals surface area (Å²) in [6, 6.07) is 5.79. The number of fused-ring (bicyclic) bond motifs is 1. The molecule has 0 saturated heterocycles. The molecule has 0 radical (unpaired) electrons. The van der Waals surface area contributed by atoms with Gasteiger partial charge in [-0.25, -0.2) is 4.98 Å². The summed E-state index contributed by atoms with van der Waals surface area (Å²) in [5, 5.41) is 25.7. The Morgan fingerprint density at radius 1 is 1.37 bits per heavy atom. The predicted octanol–water partition coefficient (Wildman–Crippen LogP) is 3.73. The van der Waals surface area contributed by atoms with Crippen LogP contribution in [0.25, 0.3) is 5.65 Å². The summed E-state index contributed by atoms with van der Waals surface area (Å²) >= 11 is 5.71. The normalized spacial score (nSPS) is 12.8. The van der Waals surface area contributed by atoms with Gasteiger partial charge in [-0.1, -0.05) is 17.7 Å². The van der Waals surface area contributed by atoms with Crippen molar-refractivity contribution in [1.29, 1.82) is 5.26 Å². The molecule has 2 N–H and O–H groups in total. The zero-order valence-electron chi connectivity index (χ0n) is 13.9. The van der Waals surface area contributed by atoms with Crippen molar-refractivity contribution in [2.45, 2.75) is 19.1 Å². The summed E-state index contributed by atoms with van der Waals surface area (Å²) in [7, 11) is 0. The Labute approximate surface area is 156 Å². The molecule has 27 heavy (non-hydrogen) atoms. The molecule has 0 aliphatic carbocycles. The van der Waals surface area contributed by atoms with Crippen LogP contribution in [0.5, 0.6) is 0 Å². The smallest absolute Gasteiger partial charge is 0.394 e. The third-order valence-electron chi connectivity index (χ3n) is 3.92. The van der Waals surface area contributed by atoms with Gasteiger partial charge in [-0.05, 0) is 24.6 Å². The van der Waals surface area contributed by atoms with Crippen LogP contribution in [0.15, 0.2) is 30.5 Å². The topological polar surface area (TPSA) is 86.2 Å². The van der Waals surface area contributed by atoms with Crippen molar-refractivity contribution in [3.8, 4) is 6.07 Å². The van der Waals surface area contributed by atoms with E-state index >= 15 is 0 Å². The van der Waals surface area contributed by atoms with E-state index in [0.29, 0.717) is 11.5 Å². The first-order valence-electron chi connectivity index (χ1n) is 7.74. The summed E-state index contributed by atoms with van der Waals surface area (Å²) in [6.45, 7) is 1.07. The molecule has 6 nitrogen and oxygen atoms in total. The van der Waals surface area contributed by atoms with E-state index in [1.54, 1.807) is 13.0 Å². The number of anilines is 1. The van der Waals surface area contributed by atoms with Crippen molar-refractivity contribution in [3.05, 3.63) is 57.9 Å². The van der Waals surface area contributed by atoms with Crippen LogP contribution in [0.3, 0.4) is 0 Å². The van der Waals surface area contributed by atoms with Gasteiger partial charge < -0.3 is 10.4 Å². The van der Waals surface area contributed by atoms with Crippen molar-refractivity contribution >= 4 is 23.1 Å². The Morgan fingerprint density at radius 3 is 2.74 bits per heavy atom. The third-order valence-corrected chi connectivity index (χ3v) is 4.16. The van der Waals surface area contributed by atoms with E-state index in [9.17, 15) is 18.3 Å². The predicted molar refractivity (Wildman–Crippen MR) is 92.3 cm³/mol. The minimum absolute atomic E-state index is 0.0596. The van der Waals surface area contributed by atoms with Crippen molar-refractivity contribution in [3.63, 3.8) is 0 Å². The minimum Gasteiger partial charge on any atom is -0.394 e. The summed E-state index contributed by atoms with van der Waals surface area (Å²) in [4.78, 5) is 4.22. The highest BCUT2D eigenvalue weighted by atomic mass is 35.5. The molecule has 10 heteroatoms. The number of aromatic nitrogens is 3. The molecule has 2 heterocycles. The van der Waals surface area contributed by atoms with Crippen molar-refractivity contribution in [2.24, 2.45) is 0 Å². The summed E-state index contributed by atoms with van der Waals surface area (Å²) < 4.78 is 41.5. The molecule has 0 amide bonds. The second-order valence-corrected chi connectivity index (χ2v) is 6.23. The second-order valence-electron chi connectivity index (χ2n) is 5.80. The Bertz CT molecular complexity index is 1040. The molecule has 1 unspecified atom stereocenters. The van der Waals surface area contributed by atoms with E-state index in [4.69, 9.17) is 16.9 Å². The summed E-state index contributed by atoms with van der Waals surface area (Å²) in [5.41, 5.74) is -0.0779. The highest BCUT2D eigenvalue weighted by Gasteiger charge is 2.35. The van der Waals surface area contributed by atoms with E-state index in [0.717, 1.165) is 6.07 Å². The van der Waals surface area contributed by atoms with Crippen LogP contribution in [-0.4, -0.2) is 26.3 Å². The number of rotatable bonds is 4. The lowest BCUT2D eigenvalue weighted by Crippen LogP contribution is -2.21. The van der Waals surface area contributed by atoms with Crippen LogP contribution < -0.4 is 5.32 Å². The maximum atomic E-state index is 13.4. The van der Waals surface area contributed by atoms with E-state index < -0.39 is 24.4 Å². The number of nitrogens with one attached hydrogen (secondary N) is 1. The Morgan fingerprint density at radius 2 is 2.11 bits per heavy atom.